The molecule has 0 aliphatic rings. The average molecular weight is 437 g/mol. The molecule has 0 spiro atoms. The molecule has 1 N–H and O–H groups in total. The number of nitrogens with one attached hydrogen (secondary N) is 1. The van der Waals surface area contributed by atoms with Crippen LogP contribution in [0.1, 0.15) is 22.6 Å². The minimum atomic E-state index is -0.433. The summed E-state index contributed by atoms with van der Waals surface area (Å²) in [6.07, 6.45) is 1.84. The highest BCUT2D eigenvalue weighted by Crippen LogP contribution is 2.36. The largest absolute Gasteiger partial charge is 0.493 e. The zero-order valence-corrected chi connectivity index (χ0v) is 17.6. The van der Waals surface area contributed by atoms with Gasteiger partial charge < -0.3 is 14.5 Å². The average Bonchev–Trinajstić information content (AvgIpc) is 3.21. The first-order valence-electron chi connectivity index (χ1n) is 9.78. The number of H-pyrrole nitrogens is 1. The van der Waals surface area contributed by atoms with E-state index in [9.17, 15) is 10.1 Å². The maximum absolute atomic E-state index is 11.5. The van der Waals surface area contributed by atoms with Gasteiger partial charge in [-0.05, 0) is 35.4 Å². The predicted octanol–water partition coefficient (Wildman–Crippen LogP) is 5.82. The summed E-state index contributed by atoms with van der Waals surface area (Å²) in [6, 6.07) is 20.7. The van der Waals surface area contributed by atoms with Crippen LogP contribution in [0.15, 0.2) is 72.9 Å². The number of nitro groups is 1. The Balaban J connectivity index is 1.66. The molecule has 1 heterocycles. The van der Waals surface area contributed by atoms with Crippen LogP contribution in [0.2, 0.25) is 5.02 Å². The van der Waals surface area contributed by atoms with Gasteiger partial charge in [0.2, 0.25) is 6.54 Å². The summed E-state index contributed by atoms with van der Waals surface area (Å²) in [6.45, 7) is 0.0565. The number of hydrogen-bond donors (Lipinski definition) is 1. The van der Waals surface area contributed by atoms with Gasteiger partial charge in [-0.2, -0.15) is 0 Å². The third-order valence-corrected chi connectivity index (χ3v) is 5.63. The van der Waals surface area contributed by atoms with E-state index in [0.29, 0.717) is 16.5 Å². The Bertz CT molecular complexity index is 1220. The van der Waals surface area contributed by atoms with Crippen molar-refractivity contribution < 1.29 is 14.4 Å². The molecule has 0 aliphatic heterocycles. The van der Waals surface area contributed by atoms with Crippen molar-refractivity contribution in [2.75, 3.05) is 13.7 Å². The molecule has 0 saturated carbocycles. The van der Waals surface area contributed by atoms with Crippen LogP contribution >= 0.6 is 11.6 Å². The summed E-state index contributed by atoms with van der Waals surface area (Å²) in [5.74, 6) is 0.625. The molecule has 6 nitrogen and oxygen atoms in total. The van der Waals surface area contributed by atoms with Gasteiger partial charge in [-0.3, -0.25) is 10.1 Å². The van der Waals surface area contributed by atoms with Crippen molar-refractivity contribution in [2.45, 2.75) is 12.5 Å². The summed E-state index contributed by atoms with van der Waals surface area (Å²) < 4.78 is 11.5. The van der Waals surface area contributed by atoms with Crippen LogP contribution in [0.4, 0.5) is 0 Å². The van der Waals surface area contributed by atoms with Crippen molar-refractivity contribution in [2.24, 2.45) is 0 Å². The topological polar surface area (TPSA) is 77.4 Å². The minimum absolute atomic E-state index is 0.231. The van der Waals surface area contributed by atoms with Crippen molar-refractivity contribution in [3.63, 3.8) is 0 Å². The molecule has 0 radical (unpaired) electrons. The van der Waals surface area contributed by atoms with E-state index in [2.05, 4.69) is 4.98 Å². The van der Waals surface area contributed by atoms with Gasteiger partial charge in [-0.1, -0.05) is 54.1 Å². The Hall–Kier alpha value is -3.51. The quantitative estimate of drug-likeness (QED) is 0.279. The van der Waals surface area contributed by atoms with Gasteiger partial charge in [0.25, 0.3) is 0 Å². The fraction of sp³-hybridized carbons (Fsp3) is 0.167. The third kappa shape index (κ3) is 4.49. The number of hydrogen-bond acceptors (Lipinski definition) is 4. The van der Waals surface area contributed by atoms with E-state index < -0.39 is 5.92 Å². The smallest absolute Gasteiger partial charge is 0.214 e. The second-order valence-electron chi connectivity index (χ2n) is 7.15. The molecule has 1 atom stereocenters. The molecule has 0 fully saturated rings. The summed E-state index contributed by atoms with van der Waals surface area (Å²) in [4.78, 5) is 14.4. The zero-order chi connectivity index (χ0) is 21.8. The van der Waals surface area contributed by atoms with Gasteiger partial charge in [-0.25, -0.2) is 0 Å². The van der Waals surface area contributed by atoms with E-state index in [1.807, 2.05) is 60.8 Å². The van der Waals surface area contributed by atoms with Crippen LogP contribution in [-0.2, 0) is 6.61 Å². The molecule has 0 saturated heterocycles. The van der Waals surface area contributed by atoms with Gasteiger partial charge in [0.05, 0.1) is 13.0 Å². The van der Waals surface area contributed by atoms with E-state index >= 15 is 0 Å². The normalized spacial score (nSPS) is 11.9. The fourth-order valence-electron chi connectivity index (χ4n) is 3.71. The van der Waals surface area contributed by atoms with E-state index in [1.165, 1.54) is 0 Å². The maximum Gasteiger partial charge on any atom is 0.214 e. The lowest BCUT2D eigenvalue weighted by Gasteiger charge is -2.17. The van der Waals surface area contributed by atoms with Crippen molar-refractivity contribution in [1.29, 1.82) is 0 Å². The highest BCUT2D eigenvalue weighted by atomic mass is 35.5. The molecule has 0 bridgehead atoms. The molecule has 3 aromatic carbocycles. The lowest BCUT2D eigenvalue weighted by atomic mass is 9.90. The fourth-order valence-corrected chi connectivity index (χ4v) is 3.90. The first-order chi connectivity index (χ1) is 15.1. The first-order valence-corrected chi connectivity index (χ1v) is 10.2. The molecule has 0 aliphatic carbocycles. The standard InChI is InChI=1S/C24H21ClN2O4/c1-30-24-12-16(10-11-23(24)31-15-17-6-2-4-8-21(17)25)20(14-27(28)29)19-13-26-22-9-5-3-7-18(19)22/h2-13,20,26H,14-15H2,1H3/t20-/m1/s1. The van der Waals surface area contributed by atoms with Crippen LogP contribution in [0.3, 0.4) is 0 Å². The second-order valence-corrected chi connectivity index (χ2v) is 7.56. The number of aromatic nitrogens is 1. The summed E-state index contributed by atoms with van der Waals surface area (Å²) in [5, 5.41) is 13.0. The molecule has 4 aromatic rings. The third-order valence-electron chi connectivity index (χ3n) is 5.26. The van der Waals surface area contributed by atoms with E-state index in [0.717, 1.165) is 27.6 Å². The number of fused-ring (bicyclic) bond motifs is 1. The monoisotopic (exact) mass is 436 g/mol. The summed E-state index contributed by atoms with van der Waals surface area (Å²) in [7, 11) is 1.55. The van der Waals surface area contributed by atoms with E-state index in [1.54, 1.807) is 19.2 Å². The van der Waals surface area contributed by atoms with Crippen molar-refractivity contribution in [3.8, 4) is 11.5 Å². The van der Waals surface area contributed by atoms with Gasteiger partial charge in [-0.15, -0.1) is 0 Å². The number of halogens is 1. The second kappa shape index (κ2) is 9.10. The van der Waals surface area contributed by atoms with Crippen LogP contribution in [0.25, 0.3) is 10.9 Å². The molecule has 1 aromatic heterocycles. The van der Waals surface area contributed by atoms with Gasteiger partial charge in [0.15, 0.2) is 11.5 Å². The zero-order valence-electron chi connectivity index (χ0n) is 16.9. The van der Waals surface area contributed by atoms with Gasteiger partial charge >= 0.3 is 0 Å². The molecule has 4 rings (SSSR count). The lowest BCUT2D eigenvalue weighted by Crippen LogP contribution is -2.14. The number of para-hydroxylation sites is 1. The molecule has 158 valence electrons. The molecule has 7 heteroatoms. The van der Waals surface area contributed by atoms with Crippen LogP contribution in [-0.4, -0.2) is 23.6 Å². The molecule has 31 heavy (non-hydrogen) atoms. The SMILES string of the molecule is COc1cc([C@@H](C[N+](=O)[O-])c2c[nH]c3ccccc23)ccc1OCc1ccccc1Cl. The highest BCUT2D eigenvalue weighted by Gasteiger charge is 2.24. The van der Waals surface area contributed by atoms with Crippen LogP contribution in [0, 0.1) is 10.1 Å². The minimum Gasteiger partial charge on any atom is -0.493 e. The predicted molar refractivity (Wildman–Crippen MR) is 121 cm³/mol. The molecular weight excluding hydrogens is 416 g/mol. The summed E-state index contributed by atoms with van der Waals surface area (Å²) >= 11 is 6.21. The molecule has 0 amide bonds. The van der Waals surface area contributed by atoms with Crippen molar-refractivity contribution in [1.82, 2.24) is 4.98 Å². The Labute approximate surface area is 184 Å². The molecule has 0 unspecified atom stereocenters. The summed E-state index contributed by atoms with van der Waals surface area (Å²) in [5.41, 5.74) is 3.46. The molecular formula is C24H21ClN2O4. The Morgan fingerprint density at radius 1 is 1.06 bits per heavy atom. The van der Waals surface area contributed by atoms with E-state index in [4.69, 9.17) is 21.1 Å². The Kier molecular flexibility index (Phi) is 6.09. The van der Waals surface area contributed by atoms with Gasteiger partial charge in [0.1, 0.15) is 6.61 Å². The van der Waals surface area contributed by atoms with E-state index in [-0.39, 0.29) is 18.1 Å². The number of benzene rings is 3. The highest BCUT2D eigenvalue weighted by molar-refractivity contribution is 6.31. The van der Waals surface area contributed by atoms with Crippen LogP contribution < -0.4 is 9.47 Å². The number of rotatable bonds is 8. The number of aromatic amines is 1. The van der Waals surface area contributed by atoms with Crippen molar-refractivity contribution >= 4 is 22.5 Å². The first kappa shape index (κ1) is 20.8. The van der Waals surface area contributed by atoms with Crippen LogP contribution in [0.5, 0.6) is 11.5 Å². The lowest BCUT2D eigenvalue weighted by molar-refractivity contribution is -0.481. The Morgan fingerprint density at radius 2 is 1.84 bits per heavy atom. The van der Waals surface area contributed by atoms with Gasteiger partial charge in [0, 0.05) is 32.6 Å². The number of methoxy groups -OCH3 is 1. The number of nitrogens with zero attached hydrogens (tertiary/aromatic N) is 1. The van der Waals surface area contributed by atoms with Crippen molar-refractivity contribution in [3.05, 3.63) is 105 Å². The maximum atomic E-state index is 11.5. The number of ether oxygens (including phenoxy) is 2. The Morgan fingerprint density at radius 3 is 2.61 bits per heavy atom.